The van der Waals surface area contributed by atoms with E-state index in [1.807, 2.05) is 0 Å². The third kappa shape index (κ3) is 4.12. The molecular formula is C11H15F2NO2. The van der Waals surface area contributed by atoms with Crippen LogP contribution in [0.25, 0.3) is 0 Å². The van der Waals surface area contributed by atoms with Crippen LogP contribution in [0.2, 0.25) is 0 Å². The van der Waals surface area contributed by atoms with Gasteiger partial charge in [-0.1, -0.05) is 12.1 Å². The van der Waals surface area contributed by atoms with Gasteiger partial charge in [0.15, 0.2) is 0 Å². The van der Waals surface area contributed by atoms with E-state index in [0.717, 1.165) is 0 Å². The molecule has 0 fully saturated rings. The minimum Gasteiger partial charge on any atom is -0.497 e. The summed E-state index contributed by atoms with van der Waals surface area (Å²) < 4.78 is 28.7. The fraction of sp³-hybridized carbons (Fsp3) is 0.455. The van der Waals surface area contributed by atoms with Gasteiger partial charge < -0.3 is 15.2 Å². The van der Waals surface area contributed by atoms with Gasteiger partial charge in [0.25, 0.3) is 6.43 Å². The van der Waals surface area contributed by atoms with Crippen molar-refractivity contribution in [2.24, 2.45) is 0 Å². The molecule has 1 unspecified atom stereocenters. The number of benzene rings is 1. The van der Waals surface area contributed by atoms with Crippen LogP contribution < -0.4 is 10.1 Å². The highest BCUT2D eigenvalue weighted by Gasteiger charge is 2.09. The number of halogens is 2. The molecule has 0 aliphatic carbocycles. The van der Waals surface area contributed by atoms with Crippen LogP contribution in [0.1, 0.15) is 11.7 Å². The van der Waals surface area contributed by atoms with Crippen LogP contribution in [0, 0.1) is 0 Å². The first kappa shape index (κ1) is 12.9. The van der Waals surface area contributed by atoms with Gasteiger partial charge in [0, 0.05) is 6.54 Å². The maximum atomic E-state index is 11.8. The van der Waals surface area contributed by atoms with Crippen molar-refractivity contribution in [2.45, 2.75) is 12.5 Å². The average molecular weight is 231 g/mol. The molecule has 0 saturated carbocycles. The molecule has 0 amide bonds. The third-order valence-corrected chi connectivity index (χ3v) is 2.11. The van der Waals surface area contributed by atoms with Crippen LogP contribution in [0.15, 0.2) is 24.3 Å². The molecule has 0 heterocycles. The largest absolute Gasteiger partial charge is 0.497 e. The lowest BCUT2D eigenvalue weighted by Crippen LogP contribution is -2.26. The van der Waals surface area contributed by atoms with Crippen LogP contribution in [0.3, 0.4) is 0 Å². The predicted molar refractivity (Wildman–Crippen MR) is 56.8 cm³/mol. The van der Waals surface area contributed by atoms with Crippen LogP contribution >= 0.6 is 0 Å². The SMILES string of the molecule is COc1cccc(C(O)CNCC(F)F)c1. The fourth-order valence-electron chi connectivity index (χ4n) is 1.30. The Hall–Kier alpha value is -1.20. The van der Waals surface area contributed by atoms with Gasteiger partial charge in [-0.2, -0.15) is 0 Å². The molecule has 1 rings (SSSR count). The molecule has 0 radical (unpaired) electrons. The minimum absolute atomic E-state index is 0.0947. The van der Waals surface area contributed by atoms with Crippen LogP contribution in [-0.2, 0) is 0 Å². The highest BCUT2D eigenvalue weighted by atomic mass is 19.3. The normalized spacial score (nSPS) is 12.8. The van der Waals surface area contributed by atoms with Crippen LogP contribution in [-0.4, -0.2) is 31.7 Å². The molecule has 1 aromatic rings. The summed E-state index contributed by atoms with van der Waals surface area (Å²) in [6, 6.07) is 6.89. The fourth-order valence-corrected chi connectivity index (χ4v) is 1.30. The number of hydrogen-bond donors (Lipinski definition) is 2. The molecule has 0 aromatic heterocycles. The Labute approximate surface area is 93.0 Å². The van der Waals surface area contributed by atoms with Crippen molar-refractivity contribution in [1.82, 2.24) is 5.32 Å². The zero-order valence-corrected chi connectivity index (χ0v) is 8.99. The first-order chi connectivity index (χ1) is 7.63. The van der Waals surface area contributed by atoms with Gasteiger partial charge in [-0.05, 0) is 17.7 Å². The lowest BCUT2D eigenvalue weighted by molar-refractivity contribution is 0.129. The maximum absolute atomic E-state index is 11.8. The highest BCUT2D eigenvalue weighted by Crippen LogP contribution is 2.18. The van der Waals surface area contributed by atoms with Gasteiger partial charge in [0.1, 0.15) is 5.75 Å². The zero-order valence-electron chi connectivity index (χ0n) is 8.99. The van der Waals surface area contributed by atoms with E-state index in [2.05, 4.69) is 5.32 Å². The van der Waals surface area contributed by atoms with Gasteiger partial charge in [0.2, 0.25) is 0 Å². The van der Waals surface area contributed by atoms with Crippen molar-refractivity contribution in [1.29, 1.82) is 0 Å². The summed E-state index contributed by atoms with van der Waals surface area (Å²) >= 11 is 0. The van der Waals surface area contributed by atoms with E-state index in [9.17, 15) is 13.9 Å². The maximum Gasteiger partial charge on any atom is 0.250 e. The van der Waals surface area contributed by atoms with E-state index in [-0.39, 0.29) is 6.54 Å². The van der Waals surface area contributed by atoms with E-state index in [1.54, 1.807) is 24.3 Å². The lowest BCUT2D eigenvalue weighted by Gasteiger charge is -2.12. The molecule has 0 aliphatic heterocycles. The number of aliphatic hydroxyl groups excluding tert-OH is 1. The van der Waals surface area contributed by atoms with Crippen molar-refractivity contribution in [3.8, 4) is 5.75 Å². The Balaban J connectivity index is 2.48. The van der Waals surface area contributed by atoms with Gasteiger partial charge in [-0.25, -0.2) is 8.78 Å². The second kappa shape index (κ2) is 6.40. The van der Waals surface area contributed by atoms with Gasteiger partial charge in [-0.3, -0.25) is 0 Å². The summed E-state index contributed by atoms with van der Waals surface area (Å²) in [7, 11) is 1.53. The second-order valence-corrected chi connectivity index (χ2v) is 3.34. The minimum atomic E-state index is -2.41. The monoisotopic (exact) mass is 231 g/mol. The first-order valence-electron chi connectivity index (χ1n) is 4.94. The number of ether oxygens (including phenoxy) is 1. The van der Waals surface area contributed by atoms with Crippen molar-refractivity contribution in [3.05, 3.63) is 29.8 Å². The molecule has 5 heteroatoms. The van der Waals surface area contributed by atoms with Crippen molar-refractivity contribution in [2.75, 3.05) is 20.2 Å². The van der Waals surface area contributed by atoms with Gasteiger partial charge in [-0.15, -0.1) is 0 Å². The van der Waals surface area contributed by atoms with Crippen LogP contribution in [0.5, 0.6) is 5.75 Å². The summed E-state index contributed by atoms with van der Waals surface area (Å²) in [5.74, 6) is 0.630. The average Bonchev–Trinajstić information content (AvgIpc) is 2.28. The molecule has 90 valence electrons. The molecule has 0 spiro atoms. The smallest absolute Gasteiger partial charge is 0.250 e. The van der Waals surface area contributed by atoms with Crippen molar-refractivity contribution < 1.29 is 18.6 Å². The topological polar surface area (TPSA) is 41.5 Å². The predicted octanol–water partition coefficient (Wildman–Crippen LogP) is 1.58. The van der Waals surface area contributed by atoms with Crippen molar-refractivity contribution in [3.63, 3.8) is 0 Å². The number of methoxy groups -OCH3 is 1. The highest BCUT2D eigenvalue weighted by molar-refractivity contribution is 5.29. The molecule has 1 atom stereocenters. The Morgan fingerprint density at radius 3 is 2.75 bits per heavy atom. The van der Waals surface area contributed by atoms with E-state index in [1.165, 1.54) is 7.11 Å². The Morgan fingerprint density at radius 1 is 1.38 bits per heavy atom. The summed E-state index contributed by atoms with van der Waals surface area (Å²) in [5, 5.41) is 12.2. The van der Waals surface area contributed by atoms with Crippen molar-refractivity contribution >= 4 is 0 Å². The second-order valence-electron chi connectivity index (χ2n) is 3.34. The van der Waals surface area contributed by atoms with Crippen LogP contribution in [0.4, 0.5) is 8.78 Å². The number of rotatable bonds is 6. The van der Waals surface area contributed by atoms with E-state index < -0.39 is 19.1 Å². The number of hydrogen-bond acceptors (Lipinski definition) is 3. The molecule has 16 heavy (non-hydrogen) atoms. The molecule has 3 nitrogen and oxygen atoms in total. The number of aliphatic hydroxyl groups is 1. The molecule has 1 aromatic carbocycles. The molecule has 0 aliphatic rings. The molecular weight excluding hydrogens is 216 g/mol. The number of alkyl halides is 2. The number of nitrogens with one attached hydrogen (secondary N) is 1. The Kier molecular flexibility index (Phi) is 5.14. The lowest BCUT2D eigenvalue weighted by atomic mass is 10.1. The van der Waals surface area contributed by atoms with E-state index >= 15 is 0 Å². The molecule has 0 saturated heterocycles. The molecule has 2 N–H and O–H groups in total. The van der Waals surface area contributed by atoms with E-state index in [0.29, 0.717) is 11.3 Å². The summed E-state index contributed by atoms with van der Waals surface area (Å²) in [6.45, 7) is -0.321. The Bertz CT molecular complexity index is 321. The molecule has 0 bridgehead atoms. The third-order valence-electron chi connectivity index (χ3n) is 2.11. The summed E-state index contributed by atoms with van der Waals surface area (Å²) in [5.41, 5.74) is 0.640. The zero-order chi connectivity index (χ0) is 12.0. The van der Waals surface area contributed by atoms with Gasteiger partial charge >= 0.3 is 0 Å². The van der Waals surface area contributed by atoms with Gasteiger partial charge in [0.05, 0.1) is 19.8 Å². The quantitative estimate of drug-likeness (QED) is 0.781. The standard InChI is InChI=1S/C11H15F2NO2/c1-16-9-4-2-3-8(5-9)10(15)6-14-7-11(12)13/h2-5,10-11,14-15H,6-7H2,1H3. The Morgan fingerprint density at radius 2 is 2.12 bits per heavy atom. The summed E-state index contributed by atoms with van der Waals surface area (Å²) in [6.07, 6.45) is -3.22. The summed E-state index contributed by atoms with van der Waals surface area (Å²) in [4.78, 5) is 0. The first-order valence-corrected chi connectivity index (χ1v) is 4.94. The van der Waals surface area contributed by atoms with E-state index in [4.69, 9.17) is 4.74 Å².